The molecule has 0 unspecified atom stereocenters. The van der Waals surface area contributed by atoms with Gasteiger partial charge in [0.1, 0.15) is 11.3 Å². The molecule has 8 heteroatoms. The molecule has 0 saturated carbocycles. The van der Waals surface area contributed by atoms with Gasteiger partial charge in [-0.05, 0) is 49.2 Å². The summed E-state index contributed by atoms with van der Waals surface area (Å²) in [6.45, 7) is 3.90. The lowest BCUT2D eigenvalue weighted by Gasteiger charge is -2.08. The number of primary amides is 1. The van der Waals surface area contributed by atoms with Gasteiger partial charge in [0.25, 0.3) is 5.91 Å². The van der Waals surface area contributed by atoms with Crippen LogP contribution in [0, 0.1) is 19.7 Å². The van der Waals surface area contributed by atoms with Crippen molar-refractivity contribution in [1.29, 1.82) is 0 Å². The smallest absolute Gasteiger partial charge is 0.332 e. The highest BCUT2D eigenvalue weighted by Crippen LogP contribution is 2.23. The number of aromatic amines is 1. The van der Waals surface area contributed by atoms with Crippen molar-refractivity contribution in [2.24, 2.45) is 5.73 Å². The van der Waals surface area contributed by atoms with Crippen LogP contribution in [0.4, 0.5) is 4.39 Å². The monoisotopic (exact) mass is 377 g/mol. The van der Waals surface area contributed by atoms with Gasteiger partial charge in [-0.25, -0.2) is 23.7 Å². The number of fused-ring (bicyclic) bond motifs is 1. The van der Waals surface area contributed by atoms with Gasteiger partial charge in [-0.3, -0.25) is 4.79 Å². The molecule has 4 aromatic rings. The summed E-state index contributed by atoms with van der Waals surface area (Å²) >= 11 is 0. The molecule has 2 aromatic heterocycles. The SMILES string of the molecule is Cc1ccc(-n2c(=O)[nH]c3c(C(N)=O)nc(-c4cccc(F)c4)nc32)cc1C. The van der Waals surface area contributed by atoms with Crippen molar-refractivity contribution in [3.63, 3.8) is 0 Å². The molecule has 3 N–H and O–H groups in total. The van der Waals surface area contributed by atoms with E-state index in [2.05, 4.69) is 15.0 Å². The number of imidazole rings is 1. The minimum Gasteiger partial charge on any atom is -0.364 e. The van der Waals surface area contributed by atoms with Gasteiger partial charge >= 0.3 is 5.69 Å². The number of benzene rings is 2. The molecule has 0 bridgehead atoms. The molecule has 4 rings (SSSR count). The summed E-state index contributed by atoms with van der Waals surface area (Å²) in [7, 11) is 0. The molecule has 0 aliphatic carbocycles. The van der Waals surface area contributed by atoms with Crippen LogP contribution in [-0.2, 0) is 0 Å². The third-order valence-electron chi connectivity index (χ3n) is 4.60. The van der Waals surface area contributed by atoms with Crippen molar-refractivity contribution in [2.75, 3.05) is 0 Å². The number of nitrogens with zero attached hydrogens (tertiary/aromatic N) is 3. The van der Waals surface area contributed by atoms with Crippen LogP contribution in [0.1, 0.15) is 21.6 Å². The summed E-state index contributed by atoms with van der Waals surface area (Å²) in [5.74, 6) is -1.20. The lowest BCUT2D eigenvalue weighted by atomic mass is 10.1. The van der Waals surface area contributed by atoms with E-state index in [-0.39, 0.29) is 22.7 Å². The van der Waals surface area contributed by atoms with Crippen molar-refractivity contribution in [3.8, 4) is 17.1 Å². The molecular weight excluding hydrogens is 361 g/mol. The first-order valence-electron chi connectivity index (χ1n) is 8.51. The maximum absolute atomic E-state index is 13.6. The molecule has 7 nitrogen and oxygen atoms in total. The molecule has 28 heavy (non-hydrogen) atoms. The van der Waals surface area contributed by atoms with Crippen LogP contribution in [0.25, 0.3) is 28.2 Å². The summed E-state index contributed by atoms with van der Waals surface area (Å²) in [5, 5.41) is 0. The maximum Gasteiger partial charge on any atom is 0.332 e. The number of hydrogen-bond acceptors (Lipinski definition) is 4. The highest BCUT2D eigenvalue weighted by Gasteiger charge is 2.20. The fourth-order valence-corrected chi connectivity index (χ4v) is 3.02. The van der Waals surface area contributed by atoms with E-state index in [0.29, 0.717) is 11.3 Å². The first-order chi connectivity index (χ1) is 13.3. The number of H-pyrrole nitrogens is 1. The largest absolute Gasteiger partial charge is 0.364 e. The summed E-state index contributed by atoms with van der Waals surface area (Å²) in [4.78, 5) is 35.8. The number of rotatable bonds is 3. The van der Waals surface area contributed by atoms with Gasteiger partial charge in [0.15, 0.2) is 17.2 Å². The topological polar surface area (TPSA) is 107 Å². The standard InChI is InChI=1S/C20H16FN5O2/c1-10-6-7-14(8-11(10)2)26-19-16(24-20(26)28)15(17(22)27)23-18(25-19)12-4-3-5-13(21)9-12/h3-9H,1-2H3,(H2,22,27)(H,24,28). The Balaban J connectivity index is 2.07. The molecule has 0 spiro atoms. The van der Waals surface area contributed by atoms with E-state index in [1.165, 1.54) is 22.8 Å². The summed E-state index contributed by atoms with van der Waals surface area (Å²) in [6, 6.07) is 11.2. The van der Waals surface area contributed by atoms with Crippen LogP contribution in [0.5, 0.6) is 0 Å². The van der Waals surface area contributed by atoms with Crippen LogP contribution in [0.15, 0.2) is 47.3 Å². The van der Waals surface area contributed by atoms with Crippen LogP contribution in [0.3, 0.4) is 0 Å². The Bertz CT molecular complexity index is 1310. The Kier molecular flexibility index (Phi) is 4.03. The van der Waals surface area contributed by atoms with Gasteiger partial charge in [0, 0.05) is 5.56 Å². The molecule has 0 radical (unpaired) electrons. The lowest BCUT2D eigenvalue weighted by molar-refractivity contribution is 0.0997. The second-order valence-corrected chi connectivity index (χ2v) is 6.50. The van der Waals surface area contributed by atoms with Gasteiger partial charge in [0.2, 0.25) is 0 Å². The van der Waals surface area contributed by atoms with Gasteiger partial charge in [0.05, 0.1) is 5.69 Å². The number of aryl methyl sites for hydroxylation is 2. The second kappa shape index (κ2) is 6.41. The minimum absolute atomic E-state index is 0.0948. The molecule has 0 saturated heterocycles. The predicted octanol–water partition coefficient (Wildman–Crippen LogP) is 2.63. The normalized spacial score (nSPS) is 11.1. The van der Waals surface area contributed by atoms with Crippen molar-refractivity contribution >= 4 is 17.1 Å². The lowest BCUT2D eigenvalue weighted by Crippen LogP contribution is -2.15. The molecular formula is C20H16FN5O2. The van der Waals surface area contributed by atoms with Crippen LogP contribution in [0.2, 0.25) is 0 Å². The molecule has 2 aromatic carbocycles. The number of nitrogens with one attached hydrogen (secondary N) is 1. The highest BCUT2D eigenvalue weighted by atomic mass is 19.1. The zero-order valence-electron chi connectivity index (χ0n) is 15.2. The number of hydrogen-bond donors (Lipinski definition) is 2. The quantitative estimate of drug-likeness (QED) is 0.572. The molecule has 1 amide bonds. The summed E-state index contributed by atoms with van der Waals surface area (Å²) < 4.78 is 15.0. The van der Waals surface area contributed by atoms with Crippen LogP contribution in [-0.4, -0.2) is 25.4 Å². The zero-order valence-corrected chi connectivity index (χ0v) is 15.2. The zero-order chi connectivity index (χ0) is 20.0. The Morgan fingerprint density at radius 1 is 1.11 bits per heavy atom. The number of amides is 1. The molecule has 140 valence electrons. The summed E-state index contributed by atoms with van der Waals surface area (Å²) in [5.41, 5.74) is 8.19. The average Bonchev–Trinajstić information content (AvgIpc) is 2.98. The Morgan fingerprint density at radius 3 is 2.57 bits per heavy atom. The Labute approximate surface area is 158 Å². The predicted molar refractivity (Wildman–Crippen MR) is 103 cm³/mol. The van der Waals surface area contributed by atoms with Crippen molar-refractivity contribution in [1.82, 2.24) is 19.5 Å². The fraction of sp³-hybridized carbons (Fsp3) is 0.100. The molecule has 0 aliphatic heterocycles. The number of nitrogens with two attached hydrogens (primary N) is 1. The van der Waals surface area contributed by atoms with Crippen LogP contribution >= 0.6 is 0 Å². The number of aromatic nitrogens is 4. The molecule has 0 atom stereocenters. The van der Waals surface area contributed by atoms with Crippen molar-refractivity contribution in [3.05, 3.63) is 75.6 Å². The van der Waals surface area contributed by atoms with Crippen molar-refractivity contribution < 1.29 is 9.18 Å². The third kappa shape index (κ3) is 2.84. The van der Waals surface area contributed by atoms with E-state index in [9.17, 15) is 14.0 Å². The van der Waals surface area contributed by atoms with Gasteiger partial charge in [-0.15, -0.1) is 0 Å². The van der Waals surface area contributed by atoms with E-state index in [0.717, 1.165) is 11.1 Å². The number of carbonyl (C=O) groups excluding carboxylic acids is 1. The highest BCUT2D eigenvalue weighted by molar-refractivity contribution is 6.02. The number of halogens is 1. The summed E-state index contributed by atoms with van der Waals surface area (Å²) in [6.07, 6.45) is 0. The van der Waals surface area contributed by atoms with Gasteiger partial charge in [-0.2, -0.15) is 0 Å². The molecule has 2 heterocycles. The average molecular weight is 377 g/mol. The maximum atomic E-state index is 13.6. The van der Waals surface area contributed by atoms with E-state index < -0.39 is 17.4 Å². The van der Waals surface area contributed by atoms with E-state index in [1.54, 1.807) is 12.1 Å². The van der Waals surface area contributed by atoms with Crippen LogP contribution < -0.4 is 11.4 Å². The first kappa shape index (κ1) is 17.6. The van der Waals surface area contributed by atoms with Gasteiger partial charge < -0.3 is 10.7 Å². The van der Waals surface area contributed by atoms with E-state index >= 15 is 0 Å². The fourth-order valence-electron chi connectivity index (χ4n) is 3.02. The molecule has 0 fully saturated rings. The van der Waals surface area contributed by atoms with E-state index in [1.807, 2.05) is 26.0 Å². The third-order valence-corrected chi connectivity index (χ3v) is 4.60. The molecule has 0 aliphatic rings. The second-order valence-electron chi connectivity index (χ2n) is 6.50. The Morgan fingerprint density at radius 2 is 1.89 bits per heavy atom. The Hall–Kier alpha value is -3.81. The first-order valence-corrected chi connectivity index (χ1v) is 8.51. The minimum atomic E-state index is -0.821. The van der Waals surface area contributed by atoms with Gasteiger partial charge in [-0.1, -0.05) is 18.2 Å². The van der Waals surface area contributed by atoms with Crippen molar-refractivity contribution in [2.45, 2.75) is 13.8 Å². The number of carbonyl (C=O) groups is 1. The van der Waals surface area contributed by atoms with E-state index in [4.69, 9.17) is 5.73 Å².